The number of H-pyrrole nitrogens is 1. The van der Waals surface area contributed by atoms with Gasteiger partial charge >= 0.3 is 0 Å². The molecule has 0 aliphatic rings. The molecule has 5 nitrogen and oxygen atoms in total. The topological polar surface area (TPSA) is 70.9 Å². The number of hydrogen-bond donors (Lipinski definition) is 2. The highest BCUT2D eigenvalue weighted by atomic mass is 35.5. The molecule has 26 heavy (non-hydrogen) atoms. The molecule has 4 rings (SSSR count). The molecule has 132 valence electrons. The molecule has 0 aliphatic carbocycles. The first kappa shape index (κ1) is 17.1. The van der Waals surface area contributed by atoms with Gasteiger partial charge in [-0.1, -0.05) is 41.4 Å². The van der Waals surface area contributed by atoms with Crippen molar-refractivity contribution >= 4 is 45.3 Å². The fraction of sp³-hybridized carbons (Fsp3) is 0.158. The van der Waals surface area contributed by atoms with Gasteiger partial charge in [0.25, 0.3) is 5.56 Å². The summed E-state index contributed by atoms with van der Waals surface area (Å²) in [6.07, 6.45) is 0. The summed E-state index contributed by atoms with van der Waals surface area (Å²) in [5.41, 5.74) is 2.09. The van der Waals surface area contributed by atoms with Crippen molar-refractivity contribution in [2.45, 2.75) is 19.5 Å². The predicted molar refractivity (Wildman–Crippen MR) is 104 cm³/mol. The summed E-state index contributed by atoms with van der Waals surface area (Å²) in [6.45, 7) is 2.36. The van der Waals surface area contributed by atoms with Crippen LogP contribution in [0.1, 0.15) is 24.4 Å². The summed E-state index contributed by atoms with van der Waals surface area (Å²) >= 11 is 12.2. The van der Waals surface area contributed by atoms with Crippen molar-refractivity contribution in [1.82, 2.24) is 15.3 Å². The summed E-state index contributed by atoms with van der Waals surface area (Å²) < 4.78 is 5.60. The van der Waals surface area contributed by atoms with E-state index in [1.807, 2.05) is 37.3 Å². The number of nitrogens with zero attached hydrogens (tertiary/aromatic N) is 1. The van der Waals surface area contributed by atoms with Gasteiger partial charge in [-0.15, -0.1) is 0 Å². The largest absolute Gasteiger partial charge is 0.449 e. The van der Waals surface area contributed by atoms with E-state index >= 15 is 0 Å². The van der Waals surface area contributed by atoms with Crippen molar-refractivity contribution < 1.29 is 4.42 Å². The third-order valence-electron chi connectivity index (χ3n) is 4.28. The maximum Gasteiger partial charge on any atom is 0.294 e. The zero-order valence-corrected chi connectivity index (χ0v) is 15.4. The summed E-state index contributed by atoms with van der Waals surface area (Å²) in [5, 5.41) is 5.32. The van der Waals surface area contributed by atoms with E-state index < -0.39 is 0 Å². The highest BCUT2D eigenvalue weighted by Gasteiger charge is 2.14. The molecule has 0 amide bonds. The fourth-order valence-electron chi connectivity index (χ4n) is 2.94. The van der Waals surface area contributed by atoms with Gasteiger partial charge in [0.2, 0.25) is 5.58 Å². The lowest BCUT2D eigenvalue weighted by atomic mass is 10.1. The van der Waals surface area contributed by atoms with Gasteiger partial charge in [-0.25, -0.2) is 4.98 Å². The number of aromatic nitrogens is 2. The average molecular weight is 388 g/mol. The standard InChI is InChI=1S/C19H15Cl2N3O2/c1-10(12-7-6-11(20)8-14(12)21)22-9-16-23-17-13-4-2-3-5-15(13)26-18(17)19(25)24-16/h2-8,10,22H,9H2,1H3,(H,23,24,25)/t10-/m1/s1. The van der Waals surface area contributed by atoms with Gasteiger partial charge in [0.15, 0.2) is 0 Å². The Bertz CT molecular complexity index is 1170. The SMILES string of the molecule is C[C@@H](NCc1nc2c(oc3ccccc32)c(=O)[nH]1)c1ccc(Cl)cc1Cl. The van der Waals surface area contributed by atoms with Crippen LogP contribution in [-0.2, 0) is 6.54 Å². The molecule has 0 unspecified atom stereocenters. The number of benzene rings is 2. The summed E-state index contributed by atoms with van der Waals surface area (Å²) in [7, 11) is 0. The van der Waals surface area contributed by atoms with E-state index in [0.717, 1.165) is 10.9 Å². The van der Waals surface area contributed by atoms with Crippen LogP contribution in [0.25, 0.3) is 22.1 Å². The van der Waals surface area contributed by atoms with Crippen LogP contribution in [-0.4, -0.2) is 9.97 Å². The van der Waals surface area contributed by atoms with E-state index in [1.54, 1.807) is 12.1 Å². The Morgan fingerprint density at radius 3 is 2.85 bits per heavy atom. The lowest BCUT2D eigenvalue weighted by molar-refractivity contribution is 0.558. The monoisotopic (exact) mass is 387 g/mol. The molecule has 0 radical (unpaired) electrons. The smallest absolute Gasteiger partial charge is 0.294 e. The van der Waals surface area contributed by atoms with Gasteiger partial charge in [-0.2, -0.15) is 0 Å². The molecule has 1 atom stereocenters. The fourth-order valence-corrected chi connectivity index (χ4v) is 3.52. The molecule has 2 aromatic heterocycles. The highest BCUT2D eigenvalue weighted by Crippen LogP contribution is 2.27. The van der Waals surface area contributed by atoms with E-state index in [0.29, 0.717) is 33.5 Å². The molecule has 0 saturated carbocycles. The Morgan fingerprint density at radius 2 is 2.04 bits per heavy atom. The Morgan fingerprint density at radius 1 is 1.23 bits per heavy atom. The second-order valence-corrected chi connectivity index (χ2v) is 6.90. The minimum atomic E-state index is -0.292. The number of nitrogens with one attached hydrogen (secondary N) is 2. The third-order valence-corrected chi connectivity index (χ3v) is 4.85. The van der Waals surface area contributed by atoms with Crippen LogP contribution >= 0.6 is 23.2 Å². The van der Waals surface area contributed by atoms with Crippen LogP contribution in [0.5, 0.6) is 0 Å². The Labute approximate surface area is 158 Å². The van der Waals surface area contributed by atoms with Crippen LogP contribution in [0.3, 0.4) is 0 Å². The number of fused-ring (bicyclic) bond motifs is 3. The molecular formula is C19H15Cl2N3O2. The minimum absolute atomic E-state index is 0.0399. The molecule has 0 spiro atoms. The van der Waals surface area contributed by atoms with Crippen molar-refractivity contribution in [1.29, 1.82) is 0 Å². The van der Waals surface area contributed by atoms with Crippen molar-refractivity contribution in [2.75, 3.05) is 0 Å². The van der Waals surface area contributed by atoms with Crippen LogP contribution in [0.15, 0.2) is 51.7 Å². The molecular weight excluding hydrogens is 373 g/mol. The maximum absolute atomic E-state index is 12.3. The highest BCUT2D eigenvalue weighted by molar-refractivity contribution is 6.35. The van der Waals surface area contributed by atoms with Gasteiger partial charge < -0.3 is 14.7 Å². The number of para-hydroxylation sites is 1. The Hall–Kier alpha value is -2.34. The quantitative estimate of drug-likeness (QED) is 0.526. The van der Waals surface area contributed by atoms with Crippen LogP contribution in [0.2, 0.25) is 10.0 Å². The van der Waals surface area contributed by atoms with E-state index in [9.17, 15) is 4.79 Å². The predicted octanol–water partition coefficient (Wildman–Crippen LogP) is 4.83. The third kappa shape index (κ3) is 3.09. The van der Waals surface area contributed by atoms with Gasteiger partial charge in [0, 0.05) is 21.5 Å². The van der Waals surface area contributed by atoms with E-state index in [-0.39, 0.29) is 17.2 Å². The average Bonchev–Trinajstić information content (AvgIpc) is 2.99. The normalized spacial score (nSPS) is 12.7. The van der Waals surface area contributed by atoms with Crippen LogP contribution < -0.4 is 10.9 Å². The zero-order chi connectivity index (χ0) is 18.3. The molecule has 4 aromatic rings. The first-order valence-electron chi connectivity index (χ1n) is 8.11. The zero-order valence-electron chi connectivity index (χ0n) is 13.8. The number of rotatable bonds is 4. The minimum Gasteiger partial charge on any atom is -0.449 e. The number of halogens is 2. The summed E-state index contributed by atoms with van der Waals surface area (Å²) in [5.74, 6) is 0.533. The second kappa shape index (κ2) is 6.76. The van der Waals surface area contributed by atoms with Gasteiger partial charge in [-0.3, -0.25) is 4.79 Å². The molecule has 7 heteroatoms. The van der Waals surface area contributed by atoms with Gasteiger partial charge in [0.05, 0.1) is 6.54 Å². The lowest BCUT2D eigenvalue weighted by Gasteiger charge is -2.15. The molecule has 0 saturated heterocycles. The van der Waals surface area contributed by atoms with Crippen molar-refractivity contribution in [3.63, 3.8) is 0 Å². The lowest BCUT2D eigenvalue weighted by Crippen LogP contribution is -2.22. The van der Waals surface area contributed by atoms with Crippen LogP contribution in [0.4, 0.5) is 0 Å². The van der Waals surface area contributed by atoms with Gasteiger partial charge in [0.1, 0.15) is 16.9 Å². The Kier molecular flexibility index (Phi) is 4.44. The Balaban J connectivity index is 1.63. The van der Waals surface area contributed by atoms with Crippen molar-refractivity contribution in [3.8, 4) is 0 Å². The maximum atomic E-state index is 12.3. The van der Waals surface area contributed by atoms with Crippen molar-refractivity contribution in [2.24, 2.45) is 0 Å². The van der Waals surface area contributed by atoms with Gasteiger partial charge in [-0.05, 0) is 36.8 Å². The van der Waals surface area contributed by atoms with E-state index in [4.69, 9.17) is 27.6 Å². The molecule has 0 aliphatic heterocycles. The van der Waals surface area contributed by atoms with E-state index in [1.165, 1.54) is 0 Å². The molecule has 2 heterocycles. The summed E-state index contributed by atoms with van der Waals surface area (Å²) in [6, 6.07) is 12.8. The molecule has 2 aromatic carbocycles. The summed E-state index contributed by atoms with van der Waals surface area (Å²) in [4.78, 5) is 19.6. The second-order valence-electron chi connectivity index (χ2n) is 6.06. The first-order chi connectivity index (χ1) is 12.5. The number of furan rings is 1. The molecule has 0 bridgehead atoms. The molecule has 0 fully saturated rings. The first-order valence-corrected chi connectivity index (χ1v) is 8.87. The van der Waals surface area contributed by atoms with Crippen molar-refractivity contribution in [3.05, 3.63) is 74.3 Å². The van der Waals surface area contributed by atoms with E-state index in [2.05, 4.69) is 15.3 Å². The number of aromatic amines is 1. The van der Waals surface area contributed by atoms with Crippen LogP contribution in [0, 0.1) is 0 Å². The molecule has 2 N–H and O–H groups in total. The number of hydrogen-bond acceptors (Lipinski definition) is 4.